The van der Waals surface area contributed by atoms with Crippen LogP contribution in [0, 0.1) is 0 Å². The Hall–Kier alpha value is -4.06. The lowest BCUT2D eigenvalue weighted by atomic mass is 9.89. The first-order valence-electron chi connectivity index (χ1n) is 10.3. The first-order chi connectivity index (χ1) is 15.6. The van der Waals surface area contributed by atoms with E-state index in [1.165, 1.54) is 0 Å². The zero-order valence-corrected chi connectivity index (χ0v) is 18.0. The second kappa shape index (κ2) is 9.39. The van der Waals surface area contributed by atoms with Crippen LogP contribution in [0.3, 0.4) is 0 Å². The summed E-state index contributed by atoms with van der Waals surface area (Å²) in [4.78, 5) is 26.2. The number of fused-ring (bicyclic) bond motifs is 1. The molecule has 2 amide bonds. The molecule has 1 aliphatic heterocycles. The number of methoxy groups -OCH3 is 2. The van der Waals surface area contributed by atoms with Gasteiger partial charge in [-0.15, -0.1) is 0 Å². The van der Waals surface area contributed by atoms with E-state index in [0.29, 0.717) is 35.6 Å². The third-order valence-electron chi connectivity index (χ3n) is 5.37. The van der Waals surface area contributed by atoms with Crippen LogP contribution in [0.1, 0.15) is 27.0 Å². The molecule has 0 saturated carbocycles. The van der Waals surface area contributed by atoms with E-state index >= 15 is 0 Å². The zero-order chi connectivity index (χ0) is 22.5. The highest BCUT2D eigenvalue weighted by molar-refractivity contribution is 6.10. The number of hydrogen-bond acceptors (Lipinski definition) is 4. The summed E-state index contributed by atoms with van der Waals surface area (Å²) in [6.45, 7) is 0.425. The molecule has 3 aromatic rings. The summed E-state index contributed by atoms with van der Waals surface area (Å²) < 4.78 is 11.0. The lowest BCUT2D eigenvalue weighted by molar-refractivity contribution is -0.117. The maximum Gasteiger partial charge on any atom is 0.268 e. The summed E-state index contributed by atoms with van der Waals surface area (Å²) in [5.74, 6) is 0.468. The Morgan fingerprint density at radius 1 is 0.906 bits per heavy atom. The van der Waals surface area contributed by atoms with Crippen molar-refractivity contribution in [2.24, 2.45) is 0 Å². The maximum atomic E-state index is 13.2. The van der Waals surface area contributed by atoms with Gasteiger partial charge in [-0.05, 0) is 47.4 Å². The van der Waals surface area contributed by atoms with Crippen molar-refractivity contribution in [2.75, 3.05) is 20.8 Å². The van der Waals surface area contributed by atoms with Gasteiger partial charge in [0.25, 0.3) is 11.8 Å². The van der Waals surface area contributed by atoms with Crippen molar-refractivity contribution in [3.8, 4) is 11.5 Å². The van der Waals surface area contributed by atoms with Crippen LogP contribution in [0.4, 0.5) is 0 Å². The second-order valence-corrected chi connectivity index (χ2v) is 7.31. The molecule has 6 nitrogen and oxygen atoms in total. The van der Waals surface area contributed by atoms with Gasteiger partial charge < -0.3 is 20.1 Å². The van der Waals surface area contributed by atoms with Crippen LogP contribution in [0.15, 0.2) is 78.5 Å². The Labute approximate surface area is 186 Å². The minimum absolute atomic E-state index is 0.193. The Bertz CT molecular complexity index is 1170. The van der Waals surface area contributed by atoms with Crippen LogP contribution in [-0.2, 0) is 11.2 Å². The number of carbonyl (C=O) groups is 2. The van der Waals surface area contributed by atoms with Crippen molar-refractivity contribution in [2.45, 2.75) is 6.42 Å². The topological polar surface area (TPSA) is 76.7 Å². The lowest BCUT2D eigenvalue weighted by Gasteiger charge is -2.23. The normalized spacial score (nSPS) is 15.6. The molecule has 0 unspecified atom stereocenters. The fourth-order valence-corrected chi connectivity index (χ4v) is 3.81. The van der Waals surface area contributed by atoms with E-state index in [0.717, 1.165) is 16.7 Å². The van der Waals surface area contributed by atoms with Crippen molar-refractivity contribution >= 4 is 17.4 Å². The quantitative estimate of drug-likeness (QED) is 0.652. The van der Waals surface area contributed by atoms with Crippen LogP contribution in [0.2, 0.25) is 0 Å². The Morgan fingerprint density at radius 2 is 1.53 bits per heavy atom. The van der Waals surface area contributed by atoms with E-state index in [4.69, 9.17) is 9.47 Å². The van der Waals surface area contributed by atoms with Gasteiger partial charge in [0.1, 0.15) is 5.70 Å². The van der Waals surface area contributed by atoms with Gasteiger partial charge in [0.2, 0.25) is 0 Å². The summed E-state index contributed by atoms with van der Waals surface area (Å²) >= 11 is 0. The molecular formula is C26H24N2O4. The third kappa shape index (κ3) is 4.21. The van der Waals surface area contributed by atoms with E-state index in [2.05, 4.69) is 10.6 Å². The molecular weight excluding hydrogens is 404 g/mol. The van der Waals surface area contributed by atoms with Crippen molar-refractivity contribution in [3.05, 3.63) is 101 Å². The van der Waals surface area contributed by atoms with Gasteiger partial charge >= 0.3 is 0 Å². The van der Waals surface area contributed by atoms with Gasteiger partial charge in [0.15, 0.2) is 11.5 Å². The van der Waals surface area contributed by atoms with Crippen LogP contribution in [0.25, 0.3) is 5.57 Å². The predicted molar refractivity (Wildman–Crippen MR) is 123 cm³/mol. The van der Waals surface area contributed by atoms with Crippen molar-refractivity contribution in [3.63, 3.8) is 0 Å². The number of hydrogen-bond donors (Lipinski definition) is 2. The average molecular weight is 428 g/mol. The highest BCUT2D eigenvalue weighted by atomic mass is 16.5. The highest BCUT2D eigenvalue weighted by Crippen LogP contribution is 2.38. The molecule has 0 saturated heterocycles. The number of rotatable bonds is 5. The second-order valence-electron chi connectivity index (χ2n) is 7.31. The third-order valence-corrected chi connectivity index (χ3v) is 5.37. The van der Waals surface area contributed by atoms with Crippen LogP contribution >= 0.6 is 0 Å². The van der Waals surface area contributed by atoms with E-state index in [9.17, 15) is 9.59 Å². The van der Waals surface area contributed by atoms with Crippen molar-refractivity contribution in [1.82, 2.24) is 10.6 Å². The highest BCUT2D eigenvalue weighted by Gasteiger charge is 2.26. The summed E-state index contributed by atoms with van der Waals surface area (Å²) in [6, 6.07) is 22.1. The smallest absolute Gasteiger partial charge is 0.268 e. The molecule has 3 aromatic carbocycles. The molecule has 1 heterocycles. The number of carbonyl (C=O) groups excluding carboxylic acids is 2. The number of ether oxygens (including phenoxy) is 2. The lowest BCUT2D eigenvalue weighted by Crippen LogP contribution is -2.38. The van der Waals surface area contributed by atoms with E-state index < -0.39 is 0 Å². The van der Waals surface area contributed by atoms with Gasteiger partial charge in [-0.25, -0.2) is 0 Å². The fourth-order valence-electron chi connectivity index (χ4n) is 3.81. The zero-order valence-electron chi connectivity index (χ0n) is 18.0. The van der Waals surface area contributed by atoms with Crippen molar-refractivity contribution < 1.29 is 19.1 Å². The first kappa shape index (κ1) is 21.2. The van der Waals surface area contributed by atoms with Gasteiger partial charge in [0, 0.05) is 17.7 Å². The van der Waals surface area contributed by atoms with E-state index in [-0.39, 0.29) is 17.5 Å². The number of nitrogens with one attached hydrogen (secondary N) is 2. The first-order valence-corrected chi connectivity index (χ1v) is 10.3. The van der Waals surface area contributed by atoms with Crippen molar-refractivity contribution in [1.29, 1.82) is 0 Å². The number of amides is 2. The predicted octanol–water partition coefficient (Wildman–Crippen LogP) is 3.57. The monoisotopic (exact) mass is 428 g/mol. The molecule has 0 aliphatic carbocycles. The molecule has 162 valence electrons. The molecule has 4 rings (SSSR count). The van der Waals surface area contributed by atoms with Gasteiger partial charge in [-0.2, -0.15) is 0 Å². The average Bonchev–Trinajstić information content (AvgIpc) is 2.84. The van der Waals surface area contributed by atoms with Crippen LogP contribution < -0.4 is 20.1 Å². The van der Waals surface area contributed by atoms with E-state index in [1.54, 1.807) is 38.5 Å². The van der Waals surface area contributed by atoms with Crippen LogP contribution in [-0.4, -0.2) is 32.6 Å². The molecule has 1 aliphatic rings. The SMILES string of the molecule is COc1cc2c(cc1OC)/C(c1ccccc1)=C(/NC(=O)c1ccccc1)C(=O)NCC2. The summed E-state index contributed by atoms with van der Waals surface area (Å²) in [7, 11) is 3.16. The molecule has 0 atom stereocenters. The summed E-state index contributed by atoms with van der Waals surface area (Å²) in [5, 5.41) is 5.78. The van der Waals surface area contributed by atoms with Crippen LogP contribution in [0.5, 0.6) is 11.5 Å². The van der Waals surface area contributed by atoms with Gasteiger partial charge in [-0.3, -0.25) is 9.59 Å². The summed E-state index contributed by atoms with van der Waals surface area (Å²) in [6.07, 6.45) is 0.609. The largest absolute Gasteiger partial charge is 0.493 e. The minimum atomic E-state index is -0.355. The van der Waals surface area contributed by atoms with Gasteiger partial charge in [-0.1, -0.05) is 48.5 Å². The molecule has 0 spiro atoms. The van der Waals surface area contributed by atoms with Gasteiger partial charge in [0.05, 0.1) is 14.2 Å². The maximum absolute atomic E-state index is 13.2. The Morgan fingerprint density at radius 3 is 2.19 bits per heavy atom. The molecule has 32 heavy (non-hydrogen) atoms. The molecule has 2 N–H and O–H groups in total. The van der Waals surface area contributed by atoms with E-state index in [1.807, 2.05) is 48.5 Å². The molecule has 6 heteroatoms. The minimum Gasteiger partial charge on any atom is -0.493 e. The number of benzene rings is 3. The molecule has 0 bridgehead atoms. The molecule has 0 fully saturated rings. The Balaban J connectivity index is 1.96. The fraction of sp³-hybridized carbons (Fsp3) is 0.154. The molecule has 0 aromatic heterocycles. The standard InChI is InChI=1S/C26H24N2O4/c1-31-21-15-19-13-14-27-26(30)24(28-25(29)18-11-7-4-8-12-18)23(17-9-5-3-6-10-17)20(19)16-22(21)32-2/h3-12,15-16H,13-14H2,1-2H3,(H,27,30)(H,28,29)/b24-23+. The Kier molecular flexibility index (Phi) is 6.22. The summed E-state index contributed by atoms with van der Waals surface area (Å²) in [5.41, 5.74) is 3.89. The molecule has 0 radical (unpaired) electrons.